The average molecular weight is 394 g/mol. The van der Waals surface area contributed by atoms with E-state index < -0.39 is 0 Å². The number of aromatic nitrogens is 2. The van der Waals surface area contributed by atoms with Crippen molar-refractivity contribution in [2.45, 2.75) is 12.8 Å². The van der Waals surface area contributed by atoms with Gasteiger partial charge in [0.15, 0.2) is 0 Å². The lowest BCUT2D eigenvalue weighted by Gasteiger charge is -2.36. The van der Waals surface area contributed by atoms with Gasteiger partial charge in [0, 0.05) is 51.8 Å². The number of nitrogens with zero attached hydrogens (tertiary/aromatic N) is 4. The second-order valence-electron chi connectivity index (χ2n) is 7.26. The molecule has 7 heteroatoms. The van der Waals surface area contributed by atoms with Crippen LogP contribution in [0.2, 0.25) is 0 Å². The number of benzene rings is 2. The van der Waals surface area contributed by atoms with Crippen molar-refractivity contribution in [1.29, 1.82) is 0 Å². The quantitative estimate of drug-likeness (QED) is 0.682. The van der Waals surface area contributed by atoms with Crippen LogP contribution in [0.25, 0.3) is 11.0 Å². The molecule has 0 atom stereocenters. The second kappa shape index (κ2) is 8.03. The molecule has 3 aromatic rings. The van der Waals surface area contributed by atoms with Crippen LogP contribution in [0.4, 0.5) is 10.1 Å². The summed E-state index contributed by atoms with van der Waals surface area (Å²) in [5, 5.41) is 0. The number of para-hydroxylation sites is 2. The van der Waals surface area contributed by atoms with E-state index in [0.717, 1.165) is 16.7 Å². The van der Waals surface area contributed by atoms with E-state index in [2.05, 4.69) is 9.88 Å². The smallest absolute Gasteiger partial charge is 0.272 e. The third kappa shape index (κ3) is 3.99. The Hall–Kier alpha value is -3.22. The molecule has 1 amide bonds. The SMILES string of the molecule is Cn1c(=O)c(CCC(=O)N2CCN(c3ccc(F)cc3)CC2)nc2ccccc21. The molecule has 0 spiro atoms. The monoisotopic (exact) mass is 394 g/mol. The van der Waals surface area contributed by atoms with E-state index in [-0.39, 0.29) is 23.7 Å². The van der Waals surface area contributed by atoms with Crippen LogP contribution < -0.4 is 10.5 Å². The van der Waals surface area contributed by atoms with Gasteiger partial charge in [-0.15, -0.1) is 0 Å². The van der Waals surface area contributed by atoms with Gasteiger partial charge >= 0.3 is 0 Å². The molecule has 0 N–H and O–H groups in total. The lowest BCUT2D eigenvalue weighted by atomic mass is 10.2. The molecule has 0 aliphatic carbocycles. The van der Waals surface area contributed by atoms with E-state index in [4.69, 9.17) is 0 Å². The maximum absolute atomic E-state index is 13.1. The predicted octanol–water partition coefficient (Wildman–Crippen LogP) is 2.35. The number of carbonyl (C=O) groups excluding carboxylic acids is 1. The summed E-state index contributed by atoms with van der Waals surface area (Å²) in [6, 6.07) is 13.9. The van der Waals surface area contributed by atoms with E-state index in [1.54, 1.807) is 23.7 Å². The van der Waals surface area contributed by atoms with Gasteiger partial charge in [0.2, 0.25) is 5.91 Å². The Kier molecular flexibility index (Phi) is 5.29. The standard InChI is InChI=1S/C22H23FN4O2/c1-25-20-5-3-2-4-18(20)24-19(22(25)29)10-11-21(28)27-14-12-26(13-15-27)17-8-6-16(23)7-9-17/h2-9H,10-15H2,1H3. The fourth-order valence-electron chi connectivity index (χ4n) is 3.75. The lowest BCUT2D eigenvalue weighted by Crippen LogP contribution is -2.49. The average Bonchev–Trinajstić information content (AvgIpc) is 2.76. The van der Waals surface area contributed by atoms with Gasteiger partial charge in [0.05, 0.1) is 11.0 Å². The largest absolute Gasteiger partial charge is 0.368 e. The third-order valence-corrected chi connectivity index (χ3v) is 5.45. The van der Waals surface area contributed by atoms with Crippen LogP contribution in [0.3, 0.4) is 0 Å². The van der Waals surface area contributed by atoms with Gasteiger partial charge in [0.1, 0.15) is 11.5 Å². The summed E-state index contributed by atoms with van der Waals surface area (Å²) >= 11 is 0. The molecule has 0 radical (unpaired) electrons. The Labute approximate surface area is 168 Å². The molecule has 0 saturated carbocycles. The molecule has 1 aliphatic heterocycles. The van der Waals surface area contributed by atoms with Gasteiger partial charge in [-0.25, -0.2) is 9.37 Å². The number of hydrogen-bond acceptors (Lipinski definition) is 4. The Bertz CT molecular complexity index is 1090. The number of carbonyl (C=O) groups is 1. The molecule has 150 valence electrons. The van der Waals surface area contributed by atoms with Crippen LogP contribution in [-0.2, 0) is 18.3 Å². The molecule has 6 nitrogen and oxygen atoms in total. The van der Waals surface area contributed by atoms with E-state index in [1.807, 2.05) is 29.2 Å². The number of amides is 1. The van der Waals surface area contributed by atoms with Crippen molar-refractivity contribution >= 4 is 22.6 Å². The predicted molar refractivity (Wildman–Crippen MR) is 110 cm³/mol. The van der Waals surface area contributed by atoms with Crippen LogP contribution in [0.1, 0.15) is 12.1 Å². The van der Waals surface area contributed by atoms with E-state index in [9.17, 15) is 14.0 Å². The van der Waals surface area contributed by atoms with Crippen LogP contribution in [-0.4, -0.2) is 46.5 Å². The van der Waals surface area contributed by atoms with E-state index in [0.29, 0.717) is 38.3 Å². The highest BCUT2D eigenvalue weighted by Crippen LogP contribution is 2.17. The molecule has 2 aromatic carbocycles. The van der Waals surface area contributed by atoms with Crippen molar-refractivity contribution in [3.8, 4) is 0 Å². The molecular formula is C22H23FN4O2. The summed E-state index contributed by atoms with van der Waals surface area (Å²) in [7, 11) is 1.73. The van der Waals surface area contributed by atoms with Crippen LogP contribution in [0, 0.1) is 5.82 Å². The molecule has 1 aromatic heterocycles. The van der Waals surface area contributed by atoms with Gasteiger partial charge < -0.3 is 14.4 Å². The van der Waals surface area contributed by atoms with E-state index in [1.165, 1.54) is 12.1 Å². The minimum absolute atomic E-state index is 0.0285. The fraction of sp³-hybridized carbons (Fsp3) is 0.318. The van der Waals surface area contributed by atoms with Crippen LogP contribution in [0.5, 0.6) is 0 Å². The number of rotatable bonds is 4. The van der Waals surface area contributed by atoms with Crippen LogP contribution in [0.15, 0.2) is 53.3 Å². The Morgan fingerprint density at radius 2 is 1.72 bits per heavy atom. The zero-order valence-electron chi connectivity index (χ0n) is 16.3. The Morgan fingerprint density at radius 1 is 1.03 bits per heavy atom. The minimum atomic E-state index is -0.254. The summed E-state index contributed by atoms with van der Waals surface area (Å²) in [6.07, 6.45) is 0.589. The van der Waals surface area contributed by atoms with Gasteiger partial charge in [-0.05, 0) is 36.4 Å². The van der Waals surface area contributed by atoms with Crippen molar-refractivity contribution in [3.63, 3.8) is 0 Å². The number of aryl methyl sites for hydroxylation is 2. The zero-order chi connectivity index (χ0) is 20.4. The summed E-state index contributed by atoms with van der Waals surface area (Å²) in [4.78, 5) is 33.6. The molecule has 1 aliphatic rings. The van der Waals surface area contributed by atoms with Crippen molar-refractivity contribution in [2.24, 2.45) is 7.05 Å². The summed E-state index contributed by atoms with van der Waals surface area (Å²) in [5.41, 5.74) is 2.76. The first-order chi connectivity index (χ1) is 14.0. The first-order valence-electron chi connectivity index (χ1n) is 9.76. The highest BCUT2D eigenvalue weighted by Gasteiger charge is 2.22. The first-order valence-corrected chi connectivity index (χ1v) is 9.76. The molecule has 29 heavy (non-hydrogen) atoms. The molecule has 4 rings (SSSR count). The summed E-state index contributed by atoms with van der Waals surface area (Å²) in [6.45, 7) is 2.62. The topological polar surface area (TPSA) is 58.4 Å². The molecule has 2 heterocycles. The maximum Gasteiger partial charge on any atom is 0.272 e. The Balaban J connectivity index is 1.37. The number of halogens is 1. The fourth-order valence-corrected chi connectivity index (χ4v) is 3.75. The lowest BCUT2D eigenvalue weighted by molar-refractivity contribution is -0.131. The molecule has 0 bridgehead atoms. The number of piperazine rings is 1. The molecular weight excluding hydrogens is 371 g/mol. The number of hydrogen-bond donors (Lipinski definition) is 0. The highest BCUT2D eigenvalue weighted by molar-refractivity contribution is 5.77. The summed E-state index contributed by atoms with van der Waals surface area (Å²) < 4.78 is 14.7. The van der Waals surface area contributed by atoms with E-state index >= 15 is 0 Å². The Morgan fingerprint density at radius 3 is 2.45 bits per heavy atom. The maximum atomic E-state index is 13.1. The zero-order valence-corrected chi connectivity index (χ0v) is 16.3. The van der Waals surface area contributed by atoms with Crippen molar-refractivity contribution in [2.75, 3.05) is 31.1 Å². The minimum Gasteiger partial charge on any atom is -0.368 e. The number of anilines is 1. The third-order valence-electron chi connectivity index (χ3n) is 5.45. The van der Waals surface area contributed by atoms with Crippen LogP contribution >= 0.6 is 0 Å². The van der Waals surface area contributed by atoms with Gasteiger partial charge in [-0.3, -0.25) is 9.59 Å². The van der Waals surface area contributed by atoms with Crippen molar-refractivity contribution in [1.82, 2.24) is 14.5 Å². The molecule has 1 fully saturated rings. The molecule has 0 unspecified atom stereocenters. The van der Waals surface area contributed by atoms with Gasteiger partial charge in [-0.2, -0.15) is 0 Å². The highest BCUT2D eigenvalue weighted by atomic mass is 19.1. The first kappa shape index (κ1) is 19.1. The second-order valence-corrected chi connectivity index (χ2v) is 7.26. The van der Waals surface area contributed by atoms with Gasteiger partial charge in [-0.1, -0.05) is 12.1 Å². The summed E-state index contributed by atoms with van der Waals surface area (Å²) in [5.74, 6) is -0.225. The van der Waals surface area contributed by atoms with Crippen molar-refractivity contribution in [3.05, 3.63) is 70.4 Å². The van der Waals surface area contributed by atoms with Crippen molar-refractivity contribution < 1.29 is 9.18 Å². The van der Waals surface area contributed by atoms with Gasteiger partial charge in [0.25, 0.3) is 5.56 Å². The normalized spacial score (nSPS) is 14.4. The number of fused-ring (bicyclic) bond motifs is 1. The molecule has 1 saturated heterocycles.